The fourth-order valence-corrected chi connectivity index (χ4v) is 3.45. The number of nitrogens with zero attached hydrogens (tertiary/aromatic N) is 1. The first-order valence-corrected chi connectivity index (χ1v) is 8.49. The molecule has 1 amide bonds. The summed E-state index contributed by atoms with van der Waals surface area (Å²) in [7, 11) is 0. The molecule has 1 aromatic heterocycles. The van der Waals surface area contributed by atoms with Crippen molar-refractivity contribution in [3.63, 3.8) is 0 Å². The predicted molar refractivity (Wildman–Crippen MR) is 88.6 cm³/mol. The molecule has 1 aromatic carbocycles. The molecule has 7 heteroatoms. The molecular weight excluding hydrogens is 336 g/mol. The molecule has 2 N–H and O–H groups in total. The molecule has 0 saturated heterocycles. The maximum Gasteiger partial charge on any atom is 0.306 e. The van der Waals surface area contributed by atoms with Crippen LogP contribution < -0.4 is 5.32 Å². The average Bonchev–Trinajstić information content (AvgIpc) is 2.91. The van der Waals surface area contributed by atoms with E-state index in [9.17, 15) is 9.59 Å². The molecule has 0 unspecified atom stereocenters. The lowest BCUT2D eigenvalue weighted by molar-refractivity contribution is -0.146. The largest absolute Gasteiger partial charge is 0.481 e. The second-order valence-corrected chi connectivity index (χ2v) is 6.89. The Morgan fingerprint density at radius 2 is 2.00 bits per heavy atom. The molecule has 0 spiro atoms. The van der Waals surface area contributed by atoms with Crippen molar-refractivity contribution in [2.45, 2.75) is 25.3 Å². The fraction of sp³-hybridized carbons (Fsp3) is 0.312. The summed E-state index contributed by atoms with van der Waals surface area (Å²) in [6, 6.07) is 7.37. The second kappa shape index (κ2) is 6.68. The van der Waals surface area contributed by atoms with Gasteiger partial charge in [0, 0.05) is 22.0 Å². The van der Waals surface area contributed by atoms with Gasteiger partial charge in [-0.3, -0.25) is 9.59 Å². The normalized spacial score (nSPS) is 19.9. The minimum atomic E-state index is -0.789. The van der Waals surface area contributed by atoms with Gasteiger partial charge in [0.25, 0.3) is 0 Å². The van der Waals surface area contributed by atoms with E-state index < -0.39 is 5.97 Å². The molecule has 0 bridgehead atoms. The van der Waals surface area contributed by atoms with Crippen molar-refractivity contribution < 1.29 is 14.7 Å². The molecule has 2 aromatic rings. The monoisotopic (exact) mass is 350 g/mol. The highest BCUT2D eigenvalue weighted by molar-refractivity contribution is 7.13. The number of halogens is 1. The number of benzene rings is 1. The third-order valence-corrected chi connectivity index (χ3v) is 5.03. The predicted octanol–water partition coefficient (Wildman–Crippen LogP) is 2.99. The number of aliphatic carboxylic acids is 1. The van der Waals surface area contributed by atoms with Crippen molar-refractivity contribution in [2.24, 2.45) is 5.92 Å². The van der Waals surface area contributed by atoms with E-state index in [4.69, 9.17) is 16.7 Å². The molecule has 0 radical (unpaired) electrons. The first-order valence-electron chi connectivity index (χ1n) is 7.24. The Morgan fingerprint density at radius 1 is 1.30 bits per heavy atom. The lowest BCUT2D eigenvalue weighted by atomic mass is 9.80. The Balaban J connectivity index is 1.54. The van der Waals surface area contributed by atoms with Crippen LogP contribution in [0.15, 0.2) is 29.6 Å². The number of carboxylic acids is 1. The first-order chi connectivity index (χ1) is 11.0. The highest BCUT2D eigenvalue weighted by Crippen LogP contribution is 2.28. The van der Waals surface area contributed by atoms with Gasteiger partial charge < -0.3 is 10.4 Å². The van der Waals surface area contributed by atoms with Crippen LogP contribution in [0.4, 0.5) is 0 Å². The van der Waals surface area contributed by atoms with Gasteiger partial charge in [0.15, 0.2) is 0 Å². The van der Waals surface area contributed by atoms with Crippen LogP contribution in [0, 0.1) is 5.92 Å². The number of nitrogens with one attached hydrogen (secondary N) is 1. The van der Waals surface area contributed by atoms with Crippen LogP contribution in [-0.2, 0) is 16.0 Å². The van der Waals surface area contributed by atoms with Crippen molar-refractivity contribution in [1.29, 1.82) is 0 Å². The lowest BCUT2D eigenvalue weighted by Gasteiger charge is -2.32. The van der Waals surface area contributed by atoms with Gasteiger partial charge in [-0.25, -0.2) is 4.98 Å². The summed E-state index contributed by atoms with van der Waals surface area (Å²) in [6.07, 6.45) is 1.22. The van der Waals surface area contributed by atoms with Crippen LogP contribution in [0.1, 0.15) is 18.5 Å². The van der Waals surface area contributed by atoms with Crippen LogP contribution in [0.2, 0.25) is 5.02 Å². The Labute approximate surface area is 142 Å². The number of carbonyl (C=O) groups is 2. The molecule has 1 aliphatic carbocycles. The zero-order valence-corrected chi connectivity index (χ0v) is 13.7. The average molecular weight is 351 g/mol. The third-order valence-electron chi connectivity index (χ3n) is 3.84. The van der Waals surface area contributed by atoms with Gasteiger partial charge >= 0.3 is 5.97 Å². The van der Waals surface area contributed by atoms with Gasteiger partial charge in [0.1, 0.15) is 5.01 Å². The molecule has 1 aliphatic rings. The van der Waals surface area contributed by atoms with Crippen LogP contribution in [0.3, 0.4) is 0 Å². The summed E-state index contributed by atoms with van der Waals surface area (Å²) in [6.45, 7) is 0. The Kier molecular flexibility index (Phi) is 4.63. The summed E-state index contributed by atoms with van der Waals surface area (Å²) < 4.78 is 0. The molecule has 0 aliphatic heterocycles. The Hall–Kier alpha value is -1.92. The van der Waals surface area contributed by atoms with Crippen LogP contribution in [0.25, 0.3) is 10.6 Å². The summed E-state index contributed by atoms with van der Waals surface area (Å²) in [4.78, 5) is 27.2. The Morgan fingerprint density at radius 3 is 2.65 bits per heavy atom. The second-order valence-electron chi connectivity index (χ2n) is 5.60. The van der Waals surface area contributed by atoms with Crippen molar-refractivity contribution in [1.82, 2.24) is 10.3 Å². The van der Waals surface area contributed by atoms with E-state index in [1.54, 1.807) is 12.1 Å². The minimum absolute atomic E-state index is 0.0297. The summed E-state index contributed by atoms with van der Waals surface area (Å²) in [5, 5.41) is 15.1. The molecule has 120 valence electrons. The first kappa shape index (κ1) is 16.0. The van der Waals surface area contributed by atoms with E-state index in [0.29, 0.717) is 23.6 Å². The summed E-state index contributed by atoms with van der Waals surface area (Å²) >= 11 is 7.35. The van der Waals surface area contributed by atoms with E-state index in [2.05, 4.69) is 10.3 Å². The zero-order valence-electron chi connectivity index (χ0n) is 12.2. The van der Waals surface area contributed by atoms with Crippen molar-refractivity contribution >= 4 is 34.8 Å². The van der Waals surface area contributed by atoms with E-state index >= 15 is 0 Å². The highest BCUT2D eigenvalue weighted by Gasteiger charge is 2.35. The minimum Gasteiger partial charge on any atom is -0.481 e. The maximum atomic E-state index is 12.0. The smallest absolute Gasteiger partial charge is 0.306 e. The van der Waals surface area contributed by atoms with E-state index in [1.165, 1.54) is 11.3 Å². The molecule has 1 saturated carbocycles. The number of amides is 1. The van der Waals surface area contributed by atoms with Gasteiger partial charge in [-0.2, -0.15) is 0 Å². The van der Waals surface area contributed by atoms with Gasteiger partial charge in [0.05, 0.1) is 18.0 Å². The Bertz CT molecular complexity index is 723. The zero-order chi connectivity index (χ0) is 16.4. The van der Waals surface area contributed by atoms with E-state index in [-0.39, 0.29) is 24.3 Å². The summed E-state index contributed by atoms with van der Waals surface area (Å²) in [5.74, 6) is -1.23. The molecule has 1 fully saturated rings. The number of rotatable bonds is 5. The number of hydrogen-bond acceptors (Lipinski definition) is 4. The van der Waals surface area contributed by atoms with Gasteiger partial charge in [-0.05, 0) is 25.0 Å². The number of carbonyl (C=O) groups excluding carboxylic acids is 1. The molecule has 3 rings (SSSR count). The number of carboxylic acid groups (broad SMARTS) is 1. The SMILES string of the molecule is O=C(Cc1csc(-c2ccc(Cl)cc2)n1)NC1CC(C(=O)O)C1. The number of hydrogen-bond donors (Lipinski definition) is 2. The quantitative estimate of drug-likeness (QED) is 0.868. The lowest BCUT2D eigenvalue weighted by Crippen LogP contribution is -2.47. The van der Waals surface area contributed by atoms with Crippen LogP contribution >= 0.6 is 22.9 Å². The van der Waals surface area contributed by atoms with Crippen molar-refractivity contribution in [3.05, 3.63) is 40.4 Å². The van der Waals surface area contributed by atoms with Crippen LogP contribution in [-0.4, -0.2) is 28.0 Å². The fourth-order valence-electron chi connectivity index (χ4n) is 2.49. The molecule has 0 atom stereocenters. The molecule has 23 heavy (non-hydrogen) atoms. The molecule has 5 nitrogen and oxygen atoms in total. The van der Waals surface area contributed by atoms with Crippen molar-refractivity contribution in [2.75, 3.05) is 0 Å². The van der Waals surface area contributed by atoms with Crippen molar-refractivity contribution in [3.8, 4) is 10.6 Å². The molecular formula is C16H15ClN2O3S. The summed E-state index contributed by atoms with van der Waals surface area (Å²) in [5.41, 5.74) is 1.68. The van der Waals surface area contributed by atoms with Gasteiger partial charge in [0.2, 0.25) is 5.91 Å². The number of aromatic nitrogens is 1. The van der Waals surface area contributed by atoms with Gasteiger partial charge in [-0.1, -0.05) is 23.7 Å². The number of thiazole rings is 1. The van der Waals surface area contributed by atoms with Gasteiger partial charge in [-0.15, -0.1) is 11.3 Å². The molecule has 1 heterocycles. The highest BCUT2D eigenvalue weighted by atomic mass is 35.5. The topological polar surface area (TPSA) is 79.3 Å². The van der Waals surface area contributed by atoms with Crippen LogP contribution in [0.5, 0.6) is 0 Å². The maximum absolute atomic E-state index is 12.0. The third kappa shape index (κ3) is 3.89. The van der Waals surface area contributed by atoms with E-state index in [1.807, 2.05) is 17.5 Å². The standard InChI is InChI=1S/C16H15ClN2O3S/c17-11-3-1-9(2-4-11)15-19-13(8-23-15)7-14(20)18-12-5-10(6-12)16(21)22/h1-4,8,10,12H,5-7H2,(H,18,20)(H,21,22). The van der Waals surface area contributed by atoms with E-state index in [0.717, 1.165) is 10.6 Å².